The second-order valence-corrected chi connectivity index (χ2v) is 3.28. The van der Waals surface area contributed by atoms with Gasteiger partial charge in [0, 0.05) is 12.5 Å². The third-order valence-corrected chi connectivity index (χ3v) is 2.41. The highest BCUT2D eigenvalue weighted by Crippen LogP contribution is 2.26. The summed E-state index contributed by atoms with van der Waals surface area (Å²) in [6.07, 6.45) is 5.48. The number of rotatable bonds is 2. The molecule has 0 heterocycles. The van der Waals surface area contributed by atoms with Gasteiger partial charge in [0.25, 0.3) is 0 Å². The van der Waals surface area contributed by atoms with Gasteiger partial charge in [-0.3, -0.25) is 0 Å². The quantitative estimate of drug-likeness (QED) is 0.573. The Hall–Kier alpha value is -0.480. The first-order chi connectivity index (χ1) is 5.88. The molecule has 0 radical (unpaired) electrons. The Labute approximate surface area is 75.5 Å². The van der Waals surface area contributed by atoms with Crippen LogP contribution in [0.15, 0.2) is 0 Å². The molecule has 1 aliphatic carbocycles. The van der Waals surface area contributed by atoms with Gasteiger partial charge in [-0.05, 0) is 26.7 Å². The van der Waals surface area contributed by atoms with Crippen LogP contribution in [0.2, 0.25) is 0 Å². The average molecular weight is 166 g/mol. The molecule has 0 aromatic rings. The number of ether oxygens (including phenoxy) is 1. The summed E-state index contributed by atoms with van der Waals surface area (Å²) in [6, 6.07) is 0. The van der Waals surface area contributed by atoms with Crippen LogP contribution in [-0.4, -0.2) is 12.7 Å². The fourth-order valence-corrected chi connectivity index (χ4v) is 1.86. The second kappa shape index (κ2) is 5.22. The number of hydrogen-bond acceptors (Lipinski definition) is 1. The molecule has 1 nitrogen and oxygen atoms in total. The van der Waals surface area contributed by atoms with Crippen LogP contribution in [0.4, 0.5) is 0 Å². The van der Waals surface area contributed by atoms with Crippen molar-refractivity contribution in [2.24, 2.45) is 5.92 Å². The third-order valence-electron chi connectivity index (χ3n) is 2.41. The molecule has 0 aromatic heterocycles. The van der Waals surface area contributed by atoms with E-state index in [1.807, 2.05) is 6.92 Å². The molecule has 0 spiro atoms. The largest absolute Gasteiger partial charge is 0.377 e. The summed E-state index contributed by atoms with van der Waals surface area (Å²) in [5, 5.41) is 0. The Morgan fingerprint density at radius 3 is 2.75 bits per heavy atom. The van der Waals surface area contributed by atoms with Gasteiger partial charge in [-0.1, -0.05) is 18.8 Å². The molecule has 1 fully saturated rings. The first-order valence-corrected chi connectivity index (χ1v) is 4.92. The van der Waals surface area contributed by atoms with Crippen LogP contribution in [0.1, 0.15) is 39.5 Å². The summed E-state index contributed by atoms with van der Waals surface area (Å²) < 4.78 is 5.65. The van der Waals surface area contributed by atoms with E-state index in [0.29, 0.717) is 12.0 Å². The number of hydrogen-bond donors (Lipinski definition) is 0. The van der Waals surface area contributed by atoms with E-state index in [1.54, 1.807) is 0 Å². The Morgan fingerprint density at radius 2 is 2.08 bits per heavy atom. The van der Waals surface area contributed by atoms with E-state index in [9.17, 15) is 0 Å². The van der Waals surface area contributed by atoms with Crippen LogP contribution >= 0.6 is 0 Å². The molecule has 1 saturated carbocycles. The molecular weight excluding hydrogens is 148 g/mol. The van der Waals surface area contributed by atoms with E-state index < -0.39 is 0 Å². The zero-order valence-corrected chi connectivity index (χ0v) is 8.10. The molecule has 0 saturated heterocycles. The molecule has 1 heteroatoms. The zero-order valence-electron chi connectivity index (χ0n) is 8.10. The minimum atomic E-state index is 0.413. The Bertz CT molecular complexity index is 173. The topological polar surface area (TPSA) is 9.23 Å². The summed E-state index contributed by atoms with van der Waals surface area (Å²) in [4.78, 5) is 0. The van der Waals surface area contributed by atoms with Crippen molar-refractivity contribution >= 4 is 0 Å². The summed E-state index contributed by atoms with van der Waals surface area (Å²) in [5.74, 6) is 6.74. The van der Waals surface area contributed by atoms with Gasteiger partial charge < -0.3 is 4.74 Å². The first-order valence-electron chi connectivity index (χ1n) is 4.92. The lowest BCUT2D eigenvalue weighted by molar-refractivity contribution is 0.0140. The molecule has 0 aliphatic heterocycles. The third kappa shape index (κ3) is 2.53. The van der Waals surface area contributed by atoms with Crippen molar-refractivity contribution in [1.82, 2.24) is 0 Å². The van der Waals surface area contributed by atoms with Crippen LogP contribution in [-0.2, 0) is 4.74 Å². The van der Waals surface area contributed by atoms with Crippen LogP contribution in [0, 0.1) is 17.8 Å². The van der Waals surface area contributed by atoms with E-state index in [-0.39, 0.29) is 0 Å². The fraction of sp³-hybridized carbons (Fsp3) is 0.818. The molecule has 12 heavy (non-hydrogen) atoms. The predicted octanol–water partition coefficient (Wildman–Crippen LogP) is 2.61. The van der Waals surface area contributed by atoms with Crippen molar-refractivity contribution in [3.05, 3.63) is 0 Å². The molecule has 2 atom stereocenters. The van der Waals surface area contributed by atoms with E-state index in [0.717, 1.165) is 6.61 Å². The maximum Gasteiger partial charge on any atom is 0.0712 e. The van der Waals surface area contributed by atoms with Crippen molar-refractivity contribution < 1.29 is 4.74 Å². The van der Waals surface area contributed by atoms with Gasteiger partial charge in [-0.2, -0.15) is 0 Å². The van der Waals surface area contributed by atoms with Gasteiger partial charge in [0.1, 0.15) is 0 Å². The second-order valence-electron chi connectivity index (χ2n) is 3.28. The minimum absolute atomic E-state index is 0.413. The minimum Gasteiger partial charge on any atom is -0.377 e. The highest BCUT2D eigenvalue weighted by atomic mass is 16.5. The molecular formula is C11H18O. The van der Waals surface area contributed by atoms with Crippen LogP contribution in [0.3, 0.4) is 0 Å². The maximum atomic E-state index is 5.65. The van der Waals surface area contributed by atoms with Crippen molar-refractivity contribution in [3.8, 4) is 11.8 Å². The van der Waals surface area contributed by atoms with Gasteiger partial charge in [0.15, 0.2) is 0 Å². The zero-order chi connectivity index (χ0) is 8.81. The summed E-state index contributed by atoms with van der Waals surface area (Å²) in [7, 11) is 0. The Kier molecular flexibility index (Phi) is 4.18. The first kappa shape index (κ1) is 9.61. The van der Waals surface area contributed by atoms with Crippen LogP contribution < -0.4 is 0 Å². The highest BCUT2D eigenvalue weighted by molar-refractivity contribution is 5.04. The summed E-state index contributed by atoms with van der Waals surface area (Å²) in [6.45, 7) is 4.80. The van der Waals surface area contributed by atoms with Crippen molar-refractivity contribution in [2.75, 3.05) is 6.61 Å². The summed E-state index contributed by atoms with van der Waals surface area (Å²) in [5.41, 5.74) is 0. The molecule has 1 aliphatic rings. The maximum absolute atomic E-state index is 5.65. The van der Waals surface area contributed by atoms with Crippen LogP contribution in [0.5, 0.6) is 0 Å². The standard InChI is InChI=1S/C11H18O/c1-3-7-10-8-5-6-9-11(10)12-4-2/h10-11H,4-6,8-9H2,1-2H3/t10-,11-/m0/s1. The molecule has 0 N–H and O–H groups in total. The lowest BCUT2D eigenvalue weighted by Gasteiger charge is -2.27. The van der Waals surface area contributed by atoms with Crippen molar-refractivity contribution in [3.63, 3.8) is 0 Å². The van der Waals surface area contributed by atoms with Crippen molar-refractivity contribution in [1.29, 1.82) is 0 Å². The van der Waals surface area contributed by atoms with Gasteiger partial charge in [-0.25, -0.2) is 0 Å². The average Bonchev–Trinajstić information content (AvgIpc) is 2.09. The van der Waals surface area contributed by atoms with E-state index in [1.165, 1.54) is 25.7 Å². The highest BCUT2D eigenvalue weighted by Gasteiger charge is 2.23. The molecule has 0 bridgehead atoms. The van der Waals surface area contributed by atoms with E-state index >= 15 is 0 Å². The van der Waals surface area contributed by atoms with E-state index in [4.69, 9.17) is 4.74 Å². The molecule has 0 unspecified atom stereocenters. The van der Waals surface area contributed by atoms with Gasteiger partial charge in [0.05, 0.1) is 6.10 Å². The Balaban J connectivity index is 2.46. The van der Waals surface area contributed by atoms with Gasteiger partial charge >= 0.3 is 0 Å². The fourth-order valence-electron chi connectivity index (χ4n) is 1.86. The molecule has 1 rings (SSSR count). The van der Waals surface area contributed by atoms with E-state index in [2.05, 4.69) is 18.8 Å². The summed E-state index contributed by atoms with van der Waals surface area (Å²) >= 11 is 0. The smallest absolute Gasteiger partial charge is 0.0712 e. The van der Waals surface area contributed by atoms with Gasteiger partial charge in [-0.15, -0.1) is 5.92 Å². The molecule has 68 valence electrons. The lowest BCUT2D eigenvalue weighted by atomic mass is 9.87. The molecule has 0 amide bonds. The SMILES string of the molecule is CC#C[C@H]1CCCC[C@@H]1OCC. The molecule has 0 aromatic carbocycles. The van der Waals surface area contributed by atoms with Crippen LogP contribution in [0.25, 0.3) is 0 Å². The van der Waals surface area contributed by atoms with Crippen molar-refractivity contribution in [2.45, 2.75) is 45.6 Å². The monoisotopic (exact) mass is 166 g/mol. The lowest BCUT2D eigenvalue weighted by Crippen LogP contribution is -2.26. The normalized spacial score (nSPS) is 29.2. The van der Waals surface area contributed by atoms with Gasteiger partial charge in [0.2, 0.25) is 0 Å². The Morgan fingerprint density at radius 1 is 1.33 bits per heavy atom. The predicted molar refractivity (Wildman–Crippen MR) is 50.8 cm³/mol.